The molecule has 6 heteroatoms. The van der Waals surface area contributed by atoms with Crippen LogP contribution in [-0.4, -0.2) is 5.91 Å². The van der Waals surface area contributed by atoms with E-state index in [1.807, 2.05) is 6.92 Å². The number of halogens is 2. The minimum Gasteiger partial charge on any atom is -0.398 e. The molecule has 0 aliphatic heterocycles. The van der Waals surface area contributed by atoms with E-state index in [1.165, 1.54) is 17.4 Å². The van der Waals surface area contributed by atoms with Crippen LogP contribution in [0.2, 0.25) is 0 Å². The van der Waals surface area contributed by atoms with Gasteiger partial charge in [-0.05, 0) is 47.1 Å². The highest BCUT2D eigenvalue weighted by Crippen LogP contribution is 2.25. The summed E-state index contributed by atoms with van der Waals surface area (Å²) in [7, 11) is 0. The van der Waals surface area contributed by atoms with Gasteiger partial charge in [0.2, 0.25) is 0 Å². The van der Waals surface area contributed by atoms with Crippen LogP contribution in [0.15, 0.2) is 28.7 Å². The van der Waals surface area contributed by atoms with E-state index in [1.54, 1.807) is 18.2 Å². The van der Waals surface area contributed by atoms with Gasteiger partial charge in [-0.25, -0.2) is 4.39 Å². The Morgan fingerprint density at radius 1 is 1.44 bits per heavy atom. The van der Waals surface area contributed by atoms with E-state index in [9.17, 15) is 9.18 Å². The smallest absolute Gasteiger partial charge is 0.265 e. The average molecular weight is 329 g/mol. The lowest BCUT2D eigenvalue weighted by atomic mass is 10.3. The Bertz CT molecular complexity index is 593. The van der Waals surface area contributed by atoms with Crippen LogP contribution in [0, 0.1) is 12.7 Å². The third kappa shape index (κ3) is 2.70. The molecule has 1 aromatic carbocycles. The number of benzene rings is 1. The Labute approximate surface area is 116 Å². The zero-order chi connectivity index (χ0) is 13.3. The first kappa shape index (κ1) is 13.0. The minimum absolute atomic E-state index is 0.290. The van der Waals surface area contributed by atoms with Gasteiger partial charge in [-0.15, -0.1) is 11.3 Å². The number of hydrogen-bond donors (Lipinski definition) is 2. The van der Waals surface area contributed by atoms with Crippen molar-refractivity contribution in [2.45, 2.75) is 6.92 Å². The summed E-state index contributed by atoms with van der Waals surface area (Å²) in [6.07, 6.45) is 0. The molecular weight excluding hydrogens is 319 g/mol. The second-order valence-corrected chi connectivity index (χ2v) is 5.82. The highest BCUT2D eigenvalue weighted by molar-refractivity contribution is 9.10. The summed E-state index contributed by atoms with van der Waals surface area (Å²) in [6, 6.07) is 6.03. The molecule has 0 saturated carbocycles. The fourth-order valence-corrected chi connectivity index (χ4v) is 2.46. The molecular formula is C12H10BrFN2OS. The number of thiophene rings is 1. The van der Waals surface area contributed by atoms with Crippen molar-refractivity contribution < 1.29 is 9.18 Å². The molecule has 1 amide bonds. The monoisotopic (exact) mass is 328 g/mol. The number of hydrogen-bond acceptors (Lipinski definition) is 3. The molecule has 2 aromatic rings. The molecule has 1 heterocycles. The molecule has 2 rings (SSSR count). The van der Waals surface area contributed by atoms with Crippen molar-refractivity contribution in [2.75, 3.05) is 11.1 Å². The number of rotatable bonds is 2. The summed E-state index contributed by atoms with van der Waals surface area (Å²) in [5.74, 6) is -0.712. The Morgan fingerprint density at radius 2 is 2.17 bits per heavy atom. The summed E-state index contributed by atoms with van der Waals surface area (Å²) in [6.45, 7) is 1.84. The largest absolute Gasteiger partial charge is 0.398 e. The number of nitrogen functional groups attached to an aromatic ring is 1. The third-order valence-electron chi connectivity index (χ3n) is 2.36. The highest BCUT2D eigenvalue weighted by atomic mass is 79.9. The first-order valence-corrected chi connectivity index (χ1v) is 6.70. The van der Waals surface area contributed by atoms with Crippen LogP contribution >= 0.6 is 27.3 Å². The fourth-order valence-electron chi connectivity index (χ4n) is 1.37. The number of nitrogens with two attached hydrogens (primary N) is 1. The van der Waals surface area contributed by atoms with E-state index in [0.29, 0.717) is 20.7 Å². The maximum Gasteiger partial charge on any atom is 0.265 e. The molecule has 0 aliphatic rings. The van der Waals surface area contributed by atoms with Crippen LogP contribution in [0.3, 0.4) is 0 Å². The molecule has 0 unspecified atom stereocenters. The van der Waals surface area contributed by atoms with E-state index in [2.05, 4.69) is 21.2 Å². The molecule has 0 radical (unpaired) electrons. The first-order chi connectivity index (χ1) is 8.47. The summed E-state index contributed by atoms with van der Waals surface area (Å²) < 4.78 is 13.6. The zero-order valence-electron chi connectivity index (χ0n) is 9.46. The molecule has 0 fully saturated rings. The quantitative estimate of drug-likeness (QED) is 0.881. The molecule has 1 aromatic heterocycles. The van der Waals surface area contributed by atoms with Crippen LogP contribution in [0.25, 0.3) is 0 Å². The molecule has 94 valence electrons. The van der Waals surface area contributed by atoms with Gasteiger partial charge in [0.1, 0.15) is 5.82 Å². The zero-order valence-corrected chi connectivity index (χ0v) is 11.9. The number of carbonyl (C=O) groups is 1. The van der Waals surface area contributed by atoms with Crippen LogP contribution in [0.1, 0.15) is 14.5 Å². The van der Waals surface area contributed by atoms with Crippen molar-refractivity contribution in [1.82, 2.24) is 0 Å². The molecule has 0 spiro atoms. The van der Waals surface area contributed by atoms with Gasteiger partial charge in [0.05, 0.1) is 9.35 Å². The molecule has 3 N–H and O–H groups in total. The highest BCUT2D eigenvalue weighted by Gasteiger charge is 2.11. The second-order valence-electron chi connectivity index (χ2n) is 3.71. The van der Waals surface area contributed by atoms with Crippen molar-refractivity contribution in [3.8, 4) is 0 Å². The topological polar surface area (TPSA) is 55.1 Å². The predicted octanol–water partition coefficient (Wildman–Crippen LogP) is 3.79. The molecule has 0 saturated heterocycles. The summed E-state index contributed by atoms with van der Waals surface area (Å²) in [4.78, 5) is 13.3. The van der Waals surface area contributed by atoms with Crippen molar-refractivity contribution in [3.05, 3.63) is 44.3 Å². The van der Waals surface area contributed by atoms with Gasteiger partial charge >= 0.3 is 0 Å². The standard InChI is InChI=1S/C12H10BrFN2OS/c1-6-10(15)5-11(18-6)12(17)16-7-2-3-8(13)9(14)4-7/h2-5H,15H2,1H3,(H,16,17). The third-order valence-corrected chi connectivity index (χ3v) is 4.07. The van der Waals surface area contributed by atoms with E-state index in [0.717, 1.165) is 4.88 Å². The number of aryl methyl sites for hydroxylation is 1. The van der Waals surface area contributed by atoms with Crippen molar-refractivity contribution >= 4 is 44.5 Å². The Hall–Kier alpha value is -1.40. The number of anilines is 2. The van der Waals surface area contributed by atoms with Crippen LogP contribution in [-0.2, 0) is 0 Å². The van der Waals surface area contributed by atoms with E-state index >= 15 is 0 Å². The van der Waals surface area contributed by atoms with Gasteiger partial charge in [-0.2, -0.15) is 0 Å². The van der Waals surface area contributed by atoms with E-state index in [4.69, 9.17) is 5.73 Å². The summed E-state index contributed by atoms with van der Waals surface area (Å²) in [5, 5.41) is 2.62. The van der Waals surface area contributed by atoms with Crippen molar-refractivity contribution in [2.24, 2.45) is 0 Å². The fraction of sp³-hybridized carbons (Fsp3) is 0.0833. The van der Waals surface area contributed by atoms with Crippen LogP contribution in [0.4, 0.5) is 15.8 Å². The van der Waals surface area contributed by atoms with E-state index in [-0.39, 0.29) is 5.91 Å². The average Bonchev–Trinajstić information content (AvgIpc) is 2.65. The van der Waals surface area contributed by atoms with Crippen molar-refractivity contribution in [1.29, 1.82) is 0 Å². The molecule has 0 bridgehead atoms. The summed E-state index contributed by atoms with van der Waals surface area (Å²) >= 11 is 4.36. The van der Waals surface area contributed by atoms with Gasteiger partial charge in [-0.3, -0.25) is 4.79 Å². The van der Waals surface area contributed by atoms with Gasteiger partial charge in [0.25, 0.3) is 5.91 Å². The van der Waals surface area contributed by atoms with Gasteiger partial charge < -0.3 is 11.1 Å². The number of amides is 1. The maximum atomic E-state index is 13.3. The van der Waals surface area contributed by atoms with Crippen LogP contribution in [0.5, 0.6) is 0 Å². The molecule has 3 nitrogen and oxygen atoms in total. The van der Waals surface area contributed by atoms with Gasteiger partial charge in [-0.1, -0.05) is 0 Å². The SMILES string of the molecule is Cc1sc(C(=O)Nc2ccc(Br)c(F)c2)cc1N. The second kappa shape index (κ2) is 5.07. The van der Waals surface area contributed by atoms with Crippen LogP contribution < -0.4 is 11.1 Å². The first-order valence-electron chi connectivity index (χ1n) is 5.09. The molecule has 0 aliphatic carbocycles. The Kier molecular flexibility index (Phi) is 3.68. The minimum atomic E-state index is -0.422. The lowest BCUT2D eigenvalue weighted by Crippen LogP contribution is -2.10. The lowest BCUT2D eigenvalue weighted by molar-refractivity contribution is 0.103. The summed E-state index contributed by atoms with van der Waals surface area (Å²) in [5.41, 5.74) is 6.68. The number of carbonyl (C=O) groups excluding carboxylic acids is 1. The predicted molar refractivity (Wildman–Crippen MR) is 75.5 cm³/mol. The van der Waals surface area contributed by atoms with Gasteiger partial charge in [0.15, 0.2) is 0 Å². The lowest BCUT2D eigenvalue weighted by Gasteiger charge is -2.04. The normalized spacial score (nSPS) is 10.4. The van der Waals surface area contributed by atoms with E-state index < -0.39 is 5.82 Å². The Morgan fingerprint density at radius 3 is 2.72 bits per heavy atom. The maximum absolute atomic E-state index is 13.3. The Balaban J connectivity index is 2.18. The van der Waals surface area contributed by atoms with Crippen molar-refractivity contribution in [3.63, 3.8) is 0 Å². The molecule has 0 atom stereocenters. The molecule has 18 heavy (non-hydrogen) atoms. The van der Waals surface area contributed by atoms with Gasteiger partial charge in [0, 0.05) is 16.3 Å². The number of nitrogens with one attached hydrogen (secondary N) is 1.